The third-order valence-corrected chi connectivity index (χ3v) is 2.36. The predicted molar refractivity (Wildman–Crippen MR) is 62.0 cm³/mol. The Morgan fingerprint density at radius 2 is 1.84 bits per heavy atom. The Balaban J connectivity index is 2.57. The highest BCUT2D eigenvalue weighted by Gasteiger charge is 2.35. The van der Waals surface area contributed by atoms with Gasteiger partial charge in [-0.05, 0) is 12.1 Å². The molecule has 1 aromatic carbocycles. The second-order valence-corrected chi connectivity index (χ2v) is 3.72. The Kier molecular flexibility index (Phi) is 3.37. The number of hydrogen-bond acceptors (Lipinski definition) is 3. The molecule has 0 atom stereocenters. The van der Waals surface area contributed by atoms with E-state index in [2.05, 4.69) is 15.3 Å². The third kappa shape index (κ3) is 2.98. The molecule has 0 saturated carbocycles. The fourth-order valence-electron chi connectivity index (χ4n) is 1.50. The summed E-state index contributed by atoms with van der Waals surface area (Å²) in [4.78, 5) is 6.75. The van der Waals surface area contributed by atoms with Crippen LogP contribution >= 0.6 is 0 Å². The first-order valence-electron chi connectivity index (χ1n) is 5.30. The van der Waals surface area contributed by atoms with Crippen molar-refractivity contribution in [3.05, 3.63) is 42.0 Å². The first kappa shape index (κ1) is 13.3. The van der Waals surface area contributed by atoms with E-state index in [4.69, 9.17) is 0 Å². The molecule has 19 heavy (non-hydrogen) atoms. The fourth-order valence-corrected chi connectivity index (χ4v) is 1.50. The van der Waals surface area contributed by atoms with Gasteiger partial charge in [-0.3, -0.25) is 0 Å². The largest absolute Gasteiger partial charge is 0.451 e. The summed E-state index contributed by atoms with van der Waals surface area (Å²) >= 11 is 0. The fraction of sp³-hybridized carbons (Fsp3) is 0.167. The lowest BCUT2D eigenvalue weighted by Crippen LogP contribution is -2.13. The normalized spacial score (nSPS) is 11.4. The van der Waals surface area contributed by atoms with Crippen LogP contribution in [0.3, 0.4) is 0 Å². The lowest BCUT2D eigenvalue weighted by atomic mass is 10.1. The van der Waals surface area contributed by atoms with Crippen molar-refractivity contribution in [2.24, 2.45) is 0 Å². The number of hydrogen-bond donors (Lipinski definition) is 1. The summed E-state index contributed by atoms with van der Waals surface area (Å²) in [5, 5.41) is 2.52. The summed E-state index contributed by atoms with van der Waals surface area (Å²) in [6.45, 7) is 0. The smallest absolute Gasteiger partial charge is 0.373 e. The van der Waals surface area contributed by atoms with Gasteiger partial charge in [0.05, 0.1) is 5.69 Å². The molecule has 0 aliphatic heterocycles. The van der Waals surface area contributed by atoms with Crippen LogP contribution in [0.2, 0.25) is 0 Å². The molecular formula is C12H9F4N3. The zero-order valence-electron chi connectivity index (χ0n) is 9.79. The third-order valence-electron chi connectivity index (χ3n) is 2.36. The second kappa shape index (κ2) is 4.83. The van der Waals surface area contributed by atoms with E-state index in [0.717, 1.165) is 6.07 Å². The molecule has 0 fully saturated rings. The monoisotopic (exact) mass is 271 g/mol. The number of benzene rings is 1. The van der Waals surface area contributed by atoms with E-state index in [1.807, 2.05) is 0 Å². The van der Waals surface area contributed by atoms with E-state index in [1.54, 1.807) is 0 Å². The van der Waals surface area contributed by atoms with E-state index in [-0.39, 0.29) is 17.1 Å². The molecule has 0 aliphatic carbocycles. The van der Waals surface area contributed by atoms with Gasteiger partial charge in [-0.2, -0.15) is 13.2 Å². The molecule has 100 valence electrons. The quantitative estimate of drug-likeness (QED) is 0.851. The molecule has 0 amide bonds. The number of alkyl halides is 3. The van der Waals surface area contributed by atoms with E-state index in [9.17, 15) is 17.6 Å². The average Bonchev–Trinajstić information content (AvgIpc) is 2.37. The molecule has 0 spiro atoms. The summed E-state index contributed by atoms with van der Waals surface area (Å²) in [7, 11) is 1.44. The molecule has 2 aromatic rings. The minimum Gasteiger partial charge on any atom is -0.373 e. The molecule has 3 nitrogen and oxygen atoms in total. The number of anilines is 1. The van der Waals surface area contributed by atoms with Crippen molar-refractivity contribution in [2.75, 3.05) is 12.4 Å². The van der Waals surface area contributed by atoms with Crippen molar-refractivity contribution >= 4 is 5.82 Å². The first-order chi connectivity index (χ1) is 8.90. The van der Waals surface area contributed by atoms with Crippen LogP contribution in [0.5, 0.6) is 0 Å². The van der Waals surface area contributed by atoms with Crippen molar-refractivity contribution in [3.63, 3.8) is 0 Å². The summed E-state index contributed by atoms with van der Waals surface area (Å²) in [6.07, 6.45) is -4.66. The van der Waals surface area contributed by atoms with Gasteiger partial charge in [-0.25, -0.2) is 14.4 Å². The van der Waals surface area contributed by atoms with Crippen LogP contribution < -0.4 is 5.32 Å². The Morgan fingerprint density at radius 1 is 1.11 bits per heavy atom. The van der Waals surface area contributed by atoms with Gasteiger partial charge in [0.1, 0.15) is 11.6 Å². The van der Waals surface area contributed by atoms with Crippen molar-refractivity contribution in [3.8, 4) is 11.3 Å². The second-order valence-electron chi connectivity index (χ2n) is 3.72. The SMILES string of the molecule is CNc1cc(-c2cccc(F)c2)nc(C(F)(F)F)n1. The van der Waals surface area contributed by atoms with Crippen molar-refractivity contribution < 1.29 is 17.6 Å². The highest BCUT2D eigenvalue weighted by Crippen LogP contribution is 2.29. The summed E-state index contributed by atoms with van der Waals surface area (Å²) in [6, 6.07) is 6.52. The van der Waals surface area contributed by atoms with Crippen LogP contribution in [0.15, 0.2) is 30.3 Å². The Labute approximate surface area is 106 Å². The molecule has 0 bridgehead atoms. The summed E-state index contributed by atoms with van der Waals surface area (Å²) in [5.74, 6) is -1.80. The predicted octanol–water partition coefficient (Wildman–Crippen LogP) is 3.34. The van der Waals surface area contributed by atoms with E-state index in [1.165, 1.54) is 31.3 Å². The molecular weight excluding hydrogens is 262 g/mol. The summed E-state index contributed by atoms with van der Waals surface area (Å²) in [5.41, 5.74) is 0.260. The van der Waals surface area contributed by atoms with E-state index in [0.29, 0.717) is 0 Å². The van der Waals surface area contributed by atoms with Gasteiger partial charge in [0.2, 0.25) is 5.82 Å². The Hall–Kier alpha value is -2.18. The maximum absolute atomic E-state index is 13.1. The minimum atomic E-state index is -4.66. The highest BCUT2D eigenvalue weighted by atomic mass is 19.4. The number of rotatable bonds is 2. The molecule has 1 N–H and O–H groups in total. The van der Waals surface area contributed by atoms with Crippen LogP contribution in [-0.2, 0) is 6.18 Å². The molecule has 2 rings (SSSR count). The van der Waals surface area contributed by atoms with Gasteiger partial charge >= 0.3 is 6.18 Å². The molecule has 1 aromatic heterocycles. The van der Waals surface area contributed by atoms with Crippen LogP contribution in [0, 0.1) is 5.82 Å². The summed E-state index contributed by atoms with van der Waals surface area (Å²) < 4.78 is 51.0. The van der Waals surface area contributed by atoms with Gasteiger partial charge in [0.15, 0.2) is 0 Å². The minimum absolute atomic E-state index is 0.00572. The van der Waals surface area contributed by atoms with E-state index < -0.39 is 17.8 Å². The van der Waals surface area contributed by atoms with E-state index >= 15 is 0 Å². The Bertz CT molecular complexity index is 596. The van der Waals surface area contributed by atoms with Crippen LogP contribution in [-0.4, -0.2) is 17.0 Å². The maximum atomic E-state index is 13.1. The van der Waals surface area contributed by atoms with Crippen LogP contribution in [0.25, 0.3) is 11.3 Å². The maximum Gasteiger partial charge on any atom is 0.451 e. The van der Waals surface area contributed by atoms with Gasteiger partial charge in [-0.15, -0.1) is 0 Å². The molecule has 1 heterocycles. The zero-order valence-corrected chi connectivity index (χ0v) is 9.79. The van der Waals surface area contributed by atoms with Gasteiger partial charge < -0.3 is 5.32 Å². The molecule has 0 radical (unpaired) electrons. The number of nitrogens with one attached hydrogen (secondary N) is 1. The van der Waals surface area contributed by atoms with Gasteiger partial charge in [-0.1, -0.05) is 12.1 Å². The topological polar surface area (TPSA) is 37.8 Å². The first-order valence-corrected chi connectivity index (χ1v) is 5.30. The lowest BCUT2D eigenvalue weighted by Gasteiger charge is -2.10. The number of halogens is 4. The van der Waals surface area contributed by atoms with Crippen LogP contribution in [0.4, 0.5) is 23.4 Å². The van der Waals surface area contributed by atoms with Crippen LogP contribution in [0.1, 0.15) is 5.82 Å². The molecule has 0 saturated heterocycles. The molecule has 0 aliphatic rings. The Morgan fingerprint density at radius 3 is 2.42 bits per heavy atom. The van der Waals surface area contributed by atoms with Crippen molar-refractivity contribution in [1.29, 1.82) is 0 Å². The van der Waals surface area contributed by atoms with Crippen molar-refractivity contribution in [1.82, 2.24) is 9.97 Å². The number of aromatic nitrogens is 2. The van der Waals surface area contributed by atoms with Gasteiger partial charge in [0, 0.05) is 18.7 Å². The lowest BCUT2D eigenvalue weighted by molar-refractivity contribution is -0.144. The zero-order chi connectivity index (χ0) is 14.0. The average molecular weight is 271 g/mol. The highest BCUT2D eigenvalue weighted by molar-refractivity contribution is 5.62. The van der Waals surface area contributed by atoms with Gasteiger partial charge in [0.25, 0.3) is 0 Å². The van der Waals surface area contributed by atoms with Crippen molar-refractivity contribution in [2.45, 2.75) is 6.18 Å². The number of nitrogens with zero attached hydrogens (tertiary/aromatic N) is 2. The molecule has 0 unspecified atom stereocenters. The standard InChI is InChI=1S/C12H9F4N3/c1-17-10-6-9(7-3-2-4-8(13)5-7)18-11(19-10)12(14,15)16/h2-6H,1H3,(H,17,18,19). The molecule has 7 heteroatoms.